The van der Waals surface area contributed by atoms with Crippen LogP contribution >= 0.6 is 11.6 Å². The van der Waals surface area contributed by atoms with E-state index in [9.17, 15) is 9.18 Å². The Kier molecular flexibility index (Phi) is 4.65. The fourth-order valence-corrected chi connectivity index (χ4v) is 3.91. The second-order valence-electron chi connectivity index (χ2n) is 7.71. The van der Waals surface area contributed by atoms with Gasteiger partial charge in [-0.2, -0.15) is 0 Å². The first-order valence-electron chi connectivity index (χ1n) is 8.46. The number of rotatable bonds is 2. The standard InChI is InChI=1S/C18H24ClFN2O2/c1-18(2,3)24-17(23)22-13-5-6-14(22)10-12(9-13)21-16-8-11(19)4-7-15(16)20/h4,7-8,12-14,21H,5-6,9-10H2,1-3H3. The van der Waals surface area contributed by atoms with Crippen LogP contribution in [0.1, 0.15) is 46.5 Å². The van der Waals surface area contributed by atoms with Gasteiger partial charge in [-0.25, -0.2) is 9.18 Å². The fraction of sp³-hybridized carbons (Fsp3) is 0.611. The Bertz CT molecular complexity index is 618. The van der Waals surface area contributed by atoms with Crippen LogP contribution in [0.4, 0.5) is 14.9 Å². The molecule has 0 radical (unpaired) electrons. The van der Waals surface area contributed by atoms with Gasteiger partial charge in [-0.1, -0.05) is 11.6 Å². The zero-order chi connectivity index (χ0) is 17.5. The van der Waals surface area contributed by atoms with E-state index in [1.165, 1.54) is 12.1 Å². The molecule has 1 aromatic rings. The van der Waals surface area contributed by atoms with Crippen LogP contribution in [-0.2, 0) is 4.74 Å². The quantitative estimate of drug-likeness (QED) is 0.827. The average molecular weight is 355 g/mol. The van der Waals surface area contributed by atoms with E-state index in [2.05, 4.69) is 5.32 Å². The lowest BCUT2D eigenvalue weighted by molar-refractivity contribution is 0.00682. The molecule has 2 heterocycles. The van der Waals surface area contributed by atoms with E-state index in [1.54, 1.807) is 6.07 Å². The van der Waals surface area contributed by atoms with Gasteiger partial charge in [0.15, 0.2) is 0 Å². The summed E-state index contributed by atoms with van der Waals surface area (Å²) in [6.07, 6.45) is 3.30. The van der Waals surface area contributed by atoms with Gasteiger partial charge in [0.1, 0.15) is 11.4 Å². The first-order chi connectivity index (χ1) is 11.2. The van der Waals surface area contributed by atoms with Crippen LogP contribution < -0.4 is 5.32 Å². The Morgan fingerprint density at radius 1 is 1.29 bits per heavy atom. The molecule has 1 aromatic carbocycles. The number of carbonyl (C=O) groups excluding carboxylic acids is 1. The van der Waals surface area contributed by atoms with Gasteiger partial charge in [0.2, 0.25) is 0 Å². The van der Waals surface area contributed by atoms with E-state index in [1.807, 2.05) is 25.7 Å². The van der Waals surface area contributed by atoms with Crippen LogP contribution in [0.2, 0.25) is 5.02 Å². The van der Waals surface area contributed by atoms with Crippen molar-refractivity contribution in [1.82, 2.24) is 4.90 Å². The number of hydrogen-bond donors (Lipinski definition) is 1. The summed E-state index contributed by atoms with van der Waals surface area (Å²) in [4.78, 5) is 14.3. The summed E-state index contributed by atoms with van der Waals surface area (Å²) >= 11 is 5.95. The molecule has 2 aliphatic heterocycles. The Hall–Kier alpha value is -1.49. The molecule has 0 aliphatic carbocycles. The van der Waals surface area contributed by atoms with Crippen molar-refractivity contribution in [2.75, 3.05) is 5.32 Å². The predicted molar refractivity (Wildman–Crippen MR) is 92.9 cm³/mol. The molecule has 0 aromatic heterocycles. The number of nitrogens with zero attached hydrogens (tertiary/aromatic N) is 1. The van der Waals surface area contributed by atoms with Crippen LogP contribution in [-0.4, -0.2) is 34.7 Å². The molecule has 0 spiro atoms. The third-order valence-corrected chi connectivity index (χ3v) is 4.86. The molecule has 3 rings (SSSR count). The first kappa shape index (κ1) is 17.3. The van der Waals surface area contributed by atoms with E-state index < -0.39 is 5.60 Å². The minimum absolute atomic E-state index is 0.133. The maximum atomic E-state index is 13.9. The highest BCUT2D eigenvalue weighted by Gasteiger charge is 2.44. The molecule has 2 unspecified atom stereocenters. The van der Waals surface area contributed by atoms with Gasteiger partial charge in [0.05, 0.1) is 5.69 Å². The van der Waals surface area contributed by atoms with Gasteiger partial charge >= 0.3 is 6.09 Å². The van der Waals surface area contributed by atoms with Crippen LogP contribution in [0, 0.1) is 5.82 Å². The van der Waals surface area contributed by atoms with Crippen molar-refractivity contribution >= 4 is 23.4 Å². The third kappa shape index (κ3) is 3.77. The van der Waals surface area contributed by atoms with E-state index in [0.29, 0.717) is 10.7 Å². The van der Waals surface area contributed by atoms with Gasteiger partial charge in [0.25, 0.3) is 0 Å². The fourth-order valence-electron chi connectivity index (χ4n) is 3.74. The topological polar surface area (TPSA) is 41.6 Å². The number of hydrogen-bond acceptors (Lipinski definition) is 3. The van der Waals surface area contributed by atoms with Crippen LogP contribution in [0.15, 0.2) is 18.2 Å². The highest BCUT2D eigenvalue weighted by atomic mass is 35.5. The minimum atomic E-state index is -0.491. The van der Waals surface area contributed by atoms with E-state index in [4.69, 9.17) is 16.3 Å². The summed E-state index contributed by atoms with van der Waals surface area (Å²) < 4.78 is 19.5. The molecule has 6 heteroatoms. The molecule has 0 saturated carbocycles. The Labute approximate surface area is 147 Å². The minimum Gasteiger partial charge on any atom is -0.444 e. The number of ether oxygens (including phenoxy) is 1. The second kappa shape index (κ2) is 6.43. The normalized spacial score (nSPS) is 26.4. The van der Waals surface area contributed by atoms with Gasteiger partial charge in [0, 0.05) is 23.1 Å². The van der Waals surface area contributed by atoms with Crippen LogP contribution in [0.25, 0.3) is 0 Å². The Balaban J connectivity index is 1.67. The molecule has 132 valence electrons. The number of benzene rings is 1. The lowest BCUT2D eigenvalue weighted by Crippen LogP contribution is -2.51. The van der Waals surface area contributed by atoms with Crippen molar-refractivity contribution in [2.45, 2.75) is 70.2 Å². The number of amides is 1. The number of halogens is 2. The van der Waals surface area contributed by atoms with Crippen molar-refractivity contribution in [2.24, 2.45) is 0 Å². The lowest BCUT2D eigenvalue weighted by atomic mass is 9.97. The molecule has 1 N–H and O–H groups in total. The lowest BCUT2D eigenvalue weighted by Gasteiger charge is -2.40. The zero-order valence-electron chi connectivity index (χ0n) is 14.3. The largest absolute Gasteiger partial charge is 0.444 e. The Morgan fingerprint density at radius 3 is 2.50 bits per heavy atom. The van der Waals surface area contributed by atoms with Gasteiger partial charge in [-0.15, -0.1) is 0 Å². The molecular formula is C18H24ClFN2O2. The summed E-state index contributed by atoms with van der Waals surface area (Å²) in [5, 5.41) is 3.77. The number of anilines is 1. The predicted octanol–water partition coefficient (Wildman–Crippen LogP) is 4.82. The van der Waals surface area contributed by atoms with Crippen molar-refractivity contribution in [3.63, 3.8) is 0 Å². The summed E-state index contributed by atoms with van der Waals surface area (Å²) in [5.74, 6) is -0.304. The molecule has 24 heavy (non-hydrogen) atoms. The van der Waals surface area contributed by atoms with Gasteiger partial charge in [-0.3, -0.25) is 0 Å². The molecule has 2 bridgehead atoms. The smallest absolute Gasteiger partial charge is 0.410 e. The second-order valence-corrected chi connectivity index (χ2v) is 8.15. The zero-order valence-corrected chi connectivity index (χ0v) is 15.1. The maximum Gasteiger partial charge on any atom is 0.410 e. The average Bonchev–Trinajstić information content (AvgIpc) is 2.73. The molecule has 1 amide bonds. The molecule has 2 atom stereocenters. The molecular weight excluding hydrogens is 331 g/mol. The number of carbonyl (C=O) groups is 1. The summed E-state index contributed by atoms with van der Waals surface area (Å²) in [6, 6.07) is 4.95. The number of fused-ring (bicyclic) bond motifs is 2. The molecule has 4 nitrogen and oxygen atoms in total. The summed E-state index contributed by atoms with van der Waals surface area (Å²) in [5.41, 5.74) is -0.0622. The molecule has 2 fully saturated rings. The SMILES string of the molecule is CC(C)(C)OC(=O)N1C2CCC1CC(Nc1cc(Cl)ccc1F)C2. The molecule has 2 saturated heterocycles. The van der Waals surface area contributed by atoms with Crippen molar-refractivity contribution in [1.29, 1.82) is 0 Å². The third-order valence-electron chi connectivity index (χ3n) is 4.63. The number of nitrogens with one attached hydrogen (secondary N) is 1. The number of piperidine rings is 1. The van der Waals surface area contributed by atoms with Gasteiger partial charge in [-0.05, 0) is 64.7 Å². The highest BCUT2D eigenvalue weighted by molar-refractivity contribution is 6.30. The first-order valence-corrected chi connectivity index (χ1v) is 8.83. The van der Waals surface area contributed by atoms with Crippen LogP contribution in [0.3, 0.4) is 0 Å². The Morgan fingerprint density at radius 2 is 1.92 bits per heavy atom. The van der Waals surface area contributed by atoms with Crippen molar-refractivity contribution in [3.05, 3.63) is 29.0 Å². The summed E-state index contributed by atoms with van der Waals surface area (Å²) in [6.45, 7) is 5.63. The van der Waals surface area contributed by atoms with E-state index >= 15 is 0 Å². The maximum absolute atomic E-state index is 13.9. The summed E-state index contributed by atoms with van der Waals surface area (Å²) in [7, 11) is 0. The van der Waals surface area contributed by atoms with E-state index in [0.717, 1.165) is 25.7 Å². The molecule has 2 aliphatic rings. The van der Waals surface area contributed by atoms with Crippen molar-refractivity contribution < 1.29 is 13.9 Å². The van der Waals surface area contributed by atoms with Gasteiger partial charge < -0.3 is 15.0 Å². The monoisotopic (exact) mass is 354 g/mol. The van der Waals surface area contributed by atoms with E-state index in [-0.39, 0.29) is 30.0 Å². The van der Waals surface area contributed by atoms with Crippen LogP contribution in [0.5, 0.6) is 0 Å². The highest BCUT2D eigenvalue weighted by Crippen LogP contribution is 2.38. The van der Waals surface area contributed by atoms with Crippen molar-refractivity contribution in [3.8, 4) is 0 Å².